The minimum absolute atomic E-state index is 0.0125. The summed E-state index contributed by atoms with van der Waals surface area (Å²) in [4.78, 5) is 7.22. The summed E-state index contributed by atoms with van der Waals surface area (Å²) in [5.41, 5.74) is 12.1. The first-order chi connectivity index (χ1) is 24.9. The first-order valence-electron chi connectivity index (χ1n) is 18.2. The number of aliphatic imine (C=N–C) groups is 1. The van der Waals surface area contributed by atoms with Crippen molar-refractivity contribution in [1.82, 2.24) is 10.6 Å². The zero-order valence-corrected chi connectivity index (χ0v) is 31.6. The van der Waals surface area contributed by atoms with E-state index in [0.717, 1.165) is 17.0 Å². The van der Waals surface area contributed by atoms with Crippen LogP contribution in [0.4, 0.5) is 17.1 Å². The molecule has 51 heavy (non-hydrogen) atoms. The van der Waals surface area contributed by atoms with Crippen molar-refractivity contribution in [2.24, 2.45) is 4.99 Å². The van der Waals surface area contributed by atoms with Crippen LogP contribution in [0.2, 0.25) is 0 Å². The van der Waals surface area contributed by atoms with Crippen molar-refractivity contribution in [1.29, 1.82) is 0 Å². The summed E-state index contributed by atoms with van der Waals surface area (Å²) in [6.07, 6.45) is -0.0672. The van der Waals surface area contributed by atoms with E-state index < -0.39 is 0 Å². The topological polar surface area (TPSA) is 39.7 Å². The molecular weight excluding hydrogens is 621 g/mol. The average molecular weight is 675 g/mol. The van der Waals surface area contributed by atoms with Crippen molar-refractivity contribution in [3.63, 3.8) is 0 Å². The predicted molar refractivity (Wildman–Crippen MR) is 220 cm³/mol. The van der Waals surface area contributed by atoms with Crippen molar-refractivity contribution in [3.8, 4) is 0 Å². The van der Waals surface area contributed by atoms with E-state index in [1.54, 1.807) is 0 Å². The summed E-state index contributed by atoms with van der Waals surface area (Å²) in [5.74, 6) is 0.916. The highest BCUT2D eigenvalue weighted by Gasteiger charge is 2.25. The molecule has 1 heterocycles. The first kappa shape index (κ1) is 38.4. The molecule has 0 amide bonds. The fraction of sp³-hybridized carbons (Fsp3) is 0.213. The highest BCUT2D eigenvalue weighted by atomic mass is 15.3. The fourth-order valence-corrected chi connectivity index (χ4v) is 5.67. The lowest BCUT2D eigenvalue weighted by Crippen LogP contribution is -2.44. The molecule has 7 rings (SSSR count). The summed E-state index contributed by atoms with van der Waals surface area (Å²) in [7, 11) is 0. The fourth-order valence-electron chi connectivity index (χ4n) is 5.67. The monoisotopic (exact) mass is 674 g/mol. The van der Waals surface area contributed by atoms with Gasteiger partial charge in [-0.05, 0) is 74.7 Å². The van der Waals surface area contributed by atoms with Gasteiger partial charge in [-0.1, -0.05) is 172 Å². The molecule has 1 aliphatic heterocycles. The molecule has 0 aromatic heterocycles. The molecule has 2 unspecified atom stereocenters. The maximum absolute atomic E-state index is 4.91. The van der Waals surface area contributed by atoms with Gasteiger partial charge in [0.2, 0.25) is 0 Å². The molecule has 4 nitrogen and oxygen atoms in total. The van der Waals surface area contributed by atoms with Crippen molar-refractivity contribution in [2.45, 2.75) is 67.7 Å². The minimum Gasteiger partial charge on any atom is -0.350 e. The molecule has 4 heteroatoms. The second kappa shape index (κ2) is 19.7. The number of nitrogens with zero attached hydrogens (tertiary/aromatic N) is 2. The van der Waals surface area contributed by atoms with Crippen LogP contribution in [-0.4, -0.2) is 5.84 Å². The molecule has 0 saturated heterocycles. The number of para-hydroxylation sites is 1. The molecule has 2 N–H and O–H groups in total. The molecule has 2 atom stereocenters. The Morgan fingerprint density at radius 2 is 0.922 bits per heavy atom. The van der Waals surface area contributed by atoms with Crippen molar-refractivity contribution >= 4 is 22.9 Å². The van der Waals surface area contributed by atoms with Gasteiger partial charge in [-0.3, -0.25) is 5.32 Å². The van der Waals surface area contributed by atoms with Gasteiger partial charge in [0.05, 0.1) is 0 Å². The molecule has 0 saturated carbocycles. The molecule has 0 spiro atoms. The maximum atomic E-state index is 4.91. The largest absolute Gasteiger partial charge is 0.350 e. The number of amidine groups is 1. The van der Waals surface area contributed by atoms with E-state index in [1.807, 2.05) is 52.0 Å². The number of hydrogen-bond donors (Lipinski definition) is 2. The Balaban J connectivity index is 0.000000210. The zero-order chi connectivity index (χ0) is 36.6. The summed E-state index contributed by atoms with van der Waals surface area (Å²) in [5, 5.41) is 7.15. The van der Waals surface area contributed by atoms with Gasteiger partial charge >= 0.3 is 0 Å². The highest BCUT2D eigenvalue weighted by molar-refractivity contribution is 5.99. The van der Waals surface area contributed by atoms with Gasteiger partial charge < -0.3 is 10.2 Å². The van der Waals surface area contributed by atoms with Gasteiger partial charge in [0, 0.05) is 22.6 Å². The Bertz CT molecular complexity index is 1850. The van der Waals surface area contributed by atoms with Crippen molar-refractivity contribution in [2.75, 3.05) is 4.90 Å². The van der Waals surface area contributed by atoms with Gasteiger partial charge in [0.1, 0.15) is 18.2 Å². The van der Waals surface area contributed by atoms with Crippen molar-refractivity contribution in [3.05, 3.63) is 197 Å². The van der Waals surface area contributed by atoms with Crippen LogP contribution in [-0.2, 0) is 0 Å². The molecule has 0 fully saturated rings. The second-order valence-corrected chi connectivity index (χ2v) is 12.1. The normalized spacial score (nSPS) is 14.5. The number of aryl methyl sites for hydroxylation is 4. The van der Waals surface area contributed by atoms with Crippen LogP contribution in [0.25, 0.3) is 0 Å². The predicted octanol–water partition coefficient (Wildman–Crippen LogP) is 12.5. The van der Waals surface area contributed by atoms with E-state index in [2.05, 4.69) is 177 Å². The van der Waals surface area contributed by atoms with Crippen molar-refractivity contribution < 1.29 is 0 Å². The first-order valence-corrected chi connectivity index (χ1v) is 18.2. The summed E-state index contributed by atoms with van der Waals surface area (Å²) >= 11 is 0. The SMILES string of the molecule is CC.CC.Cc1ccc(C2NC(c3ccccc3)=NC(c3ccccc3)N2)cc1.Cc1ccc(N(c2ccc(C)cc2)c2ccccc2C)cc1. The zero-order valence-electron chi connectivity index (χ0n) is 31.6. The number of rotatable bonds is 6. The van der Waals surface area contributed by atoms with E-state index in [-0.39, 0.29) is 12.3 Å². The third-order valence-corrected chi connectivity index (χ3v) is 8.38. The van der Waals surface area contributed by atoms with Gasteiger partial charge in [-0.2, -0.15) is 0 Å². The van der Waals surface area contributed by atoms with E-state index in [1.165, 1.54) is 44.9 Å². The third-order valence-electron chi connectivity index (χ3n) is 8.38. The Hall–Kier alpha value is -5.45. The van der Waals surface area contributed by atoms with E-state index in [9.17, 15) is 0 Å². The standard InChI is InChI=1S/C22H21N3.C21H21N.2C2H6/c1-16-12-14-19(15-13-16)22-24-20(17-8-4-2-5-9-17)23-21(25-22)18-10-6-3-7-11-18;1-16-8-12-19(13-9-16)22(20-14-10-17(2)11-15-20)21-7-5-4-6-18(21)3;2*1-2/h2-15,20,22,24H,1H3,(H,23,25);4-15H,1-3H3;2*1-2H3. The van der Waals surface area contributed by atoms with Crippen LogP contribution in [0.3, 0.4) is 0 Å². The maximum Gasteiger partial charge on any atom is 0.131 e. The van der Waals surface area contributed by atoms with Crippen LogP contribution < -0.4 is 15.5 Å². The Morgan fingerprint density at radius 3 is 1.43 bits per heavy atom. The van der Waals surface area contributed by atoms with Gasteiger partial charge in [-0.15, -0.1) is 0 Å². The van der Waals surface area contributed by atoms with E-state index >= 15 is 0 Å². The molecule has 6 aromatic rings. The number of benzene rings is 6. The highest BCUT2D eigenvalue weighted by Crippen LogP contribution is 2.36. The molecule has 6 aromatic carbocycles. The van der Waals surface area contributed by atoms with Crippen LogP contribution >= 0.6 is 0 Å². The molecule has 0 bridgehead atoms. The Labute approximate surface area is 306 Å². The molecule has 262 valence electrons. The molecular formula is C47H54N4. The quantitative estimate of drug-likeness (QED) is 0.185. The van der Waals surface area contributed by atoms with Crippen LogP contribution in [0.15, 0.2) is 163 Å². The third kappa shape index (κ3) is 10.5. The van der Waals surface area contributed by atoms with Gasteiger partial charge in [0.15, 0.2) is 0 Å². The Morgan fingerprint density at radius 1 is 0.471 bits per heavy atom. The Kier molecular flexibility index (Phi) is 14.8. The van der Waals surface area contributed by atoms with E-state index in [0.29, 0.717) is 0 Å². The molecule has 1 aliphatic rings. The molecule has 0 aliphatic carbocycles. The second-order valence-electron chi connectivity index (χ2n) is 12.1. The lowest BCUT2D eigenvalue weighted by Gasteiger charge is -2.32. The van der Waals surface area contributed by atoms with Crippen LogP contribution in [0.1, 0.15) is 79.0 Å². The number of hydrogen-bond acceptors (Lipinski definition) is 4. The molecule has 0 radical (unpaired) electrons. The summed E-state index contributed by atoms with van der Waals surface area (Å²) in [6.45, 7) is 16.5. The number of nitrogens with one attached hydrogen (secondary N) is 2. The smallest absolute Gasteiger partial charge is 0.131 e. The summed E-state index contributed by atoms with van der Waals surface area (Å²) < 4.78 is 0. The average Bonchev–Trinajstić information content (AvgIpc) is 3.20. The minimum atomic E-state index is -0.0797. The lowest BCUT2D eigenvalue weighted by molar-refractivity contribution is 0.409. The lowest BCUT2D eigenvalue weighted by atomic mass is 10.1. The van der Waals surface area contributed by atoms with Crippen LogP contribution in [0.5, 0.6) is 0 Å². The van der Waals surface area contributed by atoms with E-state index in [4.69, 9.17) is 4.99 Å². The van der Waals surface area contributed by atoms with Crippen LogP contribution in [0, 0.1) is 27.7 Å². The van der Waals surface area contributed by atoms with Gasteiger partial charge in [-0.25, -0.2) is 4.99 Å². The van der Waals surface area contributed by atoms with Gasteiger partial charge in [0.25, 0.3) is 0 Å². The summed E-state index contributed by atoms with van der Waals surface area (Å²) in [6, 6.07) is 55.1. The number of anilines is 3.